The topological polar surface area (TPSA) is 49.3 Å². The fourth-order valence-electron chi connectivity index (χ4n) is 1.54. The van der Waals surface area contributed by atoms with Gasteiger partial charge >= 0.3 is 0 Å². The molecule has 0 heterocycles. The zero-order chi connectivity index (χ0) is 14.0. The smallest absolute Gasteiger partial charge is 0.255 e. The lowest BCUT2D eigenvalue weighted by molar-refractivity contribution is 0.102. The van der Waals surface area contributed by atoms with Gasteiger partial charge in [-0.3, -0.25) is 4.79 Å². The average Bonchev–Trinajstić information content (AvgIpc) is 2.36. The molecule has 1 amide bonds. The number of rotatable bonds is 2. The van der Waals surface area contributed by atoms with Crippen molar-refractivity contribution < 1.29 is 9.90 Å². The monoisotopic (exact) mass is 383 g/mol. The largest absolute Gasteiger partial charge is 0.508 e. The summed E-state index contributed by atoms with van der Waals surface area (Å²) < 4.78 is 1.71. The van der Waals surface area contributed by atoms with Crippen LogP contribution in [-0.4, -0.2) is 11.0 Å². The van der Waals surface area contributed by atoms with Crippen LogP contribution in [0, 0.1) is 6.92 Å². The molecule has 0 unspecified atom stereocenters. The van der Waals surface area contributed by atoms with Crippen molar-refractivity contribution in [2.75, 3.05) is 5.32 Å². The molecule has 0 bridgehead atoms. The van der Waals surface area contributed by atoms with Crippen molar-refractivity contribution >= 4 is 43.5 Å². The van der Waals surface area contributed by atoms with Crippen molar-refractivity contribution in [3.63, 3.8) is 0 Å². The Kier molecular flexibility index (Phi) is 4.27. The van der Waals surface area contributed by atoms with Gasteiger partial charge in [-0.25, -0.2) is 0 Å². The van der Waals surface area contributed by atoms with E-state index in [2.05, 4.69) is 37.2 Å². The molecule has 5 heteroatoms. The zero-order valence-corrected chi connectivity index (χ0v) is 13.2. The third kappa shape index (κ3) is 3.36. The molecule has 0 saturated heterocycles. The lowest BCUT2D eigenvalue weighted by Crippen LogP contribution is -2.12. The van der Waals surface area contributed by atoms with Crippen LogP contribution in [0.15, 0.2) is 45.3 Å². The highest BCUT2D eigenvalue weighted by Gasteiger charge is 2.10. The minimum absolute atomic E-state index is 0.113. The van der Waals surface area contributed by atoms with E-state index in [1.54, 1.807) is 25.1 Å². The fraction of sp³-hybridized carbons (Fsp3) is 0.0714. The summed E-state index contributed by atoms with van der Waals surface area (Å²) in [4.78, 5) is 12.1. The van der Waals surface area contributed by atoms with Crippen molar-refractivity contribution in [2.45, 2.75) is 6.92 Å². The van der Waals surface area contributed by atoms with Gasteiger partial charge in [0.05, 0.1) is 5.69 Å². The standard InChI is InChI=1S/C14H11Br2NO2/c1-8-2-3-9(6-13(8)18)14(19)17-12-5-4-10(15)7-11(12)16/h2-7,18H,1H3,(H,17,19). The minimum atomic E-state index is -0.265. The van der Waals surface area contributed by atoms with Crippen LogP contribution < -0.4 is 5.32 Å². The summed E-state index contributed by atoms with van der Waals surface area (Å²) in [6.07, 6.45) is 0. The van der Waals surface area contributed by atoms with E-state index in [-0.39, 0.29) is 11.7 Å². The lowest BCUT2D eigenvalue weighted by atomic mass is 10.1. The highest BCUT2D eigenvalue weighted by atomic mass is 79.9. The van der Waals surface area contributed by atoms with Gasteiger partial charge in [0.25, 0.3) is 5.91 Å². The average molecular weight is 385 g/mol. The number of aromatic hydroxyl groups is 1. The van der Waals surface area contributed by atoms with Crippen LogP contribution >= 0.6 is 31.9 Å². The number of hydrogen-bond acceptors (Lipinski definition) is 2. The number of anilines is 1. The summed E-state index contributed by atoms with van der Waals surface area (Å²) in [5.74, 6) is -0.152. The van der Waals surface area contributed by atoms with Gasteiger partial charge < -0.3 is 10.4 Å². The molecule has 2 rings (SSSR count). The first-order chi connectivity index (χ1) is 8.97. The predicted octanol–water partition coefficient (Wildman–Crippen LogP) is 4.48. The summed E-state index contributed by atoms with van der Waals surface area (Å²) in [5, 5.41) is 12.4. The van der Waals surface area contributed by atoms with Crippen LogP contribution in [0.1, 0.15) is 15.9 Å². The Bertz CT molecular complexity index is 641. The van der Waals surface area contributed by atoms with E-state index < -0.39 is 0 Å². The van der Waals surface area contributed by atoms with Gasteiger partial charge in [-0.2, -0.15) is 0 Å². The van der Waals surface area contributed by atoms with Gasteiger partial charge in [0.15, 0.2) is 0 Å². The number of halogens is 2. The van der Waals surface area contributed by atoms with Crippen molar-refractivity contribution in [2.24, 2.45) is 0 Å². The number of carbonyl (C=O) groups is 1. The van der Waals surface area contributed by atoms with Gasteiger partial charge in [-0.15, -0.1) is 0 Å². The molecule has 0 aromatic heterocycles. The van der Waals surface area contributed by atoms with E-state index in [0.717, 1.165) is 14.5 Å². The number of aryl methyl sites for hydroxylation is 1. The molecular formula is C14H11Br2NO2. The van der Waals surface area contributed by atoms with Gasteiger partial charge in [-0.05, 0) is 58.7 Å². The number of hydrogen-bond donors (Lipinski definition) is 2. The second-order valence-electron chi connectivity index (χ2n) is 4.08. The van der Waals surface area contributed by atoms with E-state index in [1.165, 1.54) is 6.07 Å². The van der Waals surface area contributed by atoms with E-state index in [9.17, 15) is 9.90 Å². The van der Waals surface area contributed by atoms with E-state index in [1.807, 2.05) is 12.1 Å². The van der Waals surface area contributed by atoms with Crippen molar-refractivity contribution in [3.05, 3.63) is 56.5 Å². The molecule has 0 aliphatic carbocycles. The molecule has 2 N–H and O–H groups in total. The summed E-state index contributed by atoms with van der Waals surface area (Å²) in [5.41, 5.74) is 1.83. The Morgan fingerprint density at radius 2 is 1.89 bits per heavy atom. The van der Waals surface area contributed by atoms with Gasteiger partial charge in [0.2, 0.25) is 0 Å². The normalized spacial score (nSPS) is 10.3. The molecule has 2 aromatic rings. The van der Waals surface area contributed by atoms with Crippen LogP contribution in [-0.2, 0) is 0 Å². The molecule has 0 fully saturated rings. The number of phenolic OH excluding ortho intramolecular Hbond substituents is 1. The molecule has 0 aliphatic heterocycles. The molecule has 0 saturated carbocycles. The maximum atomic E-state index is 12.1. The molecule has 0 aliphatic rings. The first kappa shape index (κ1) is 14.1. The molecule has 0 radical (unpaired) electrons. The molecule has 3 nitrogen and oxygen atoms in total. The molecule has 98 valence electrons. The van der Waals surface area contributed by atoms with Crippen molar-refractivity contribution in [1.82, 2.24) is 0 Å². The second kappa shape index (κ2) is 5.75. The Morgan fingerprint density at radius 1 is 1.16 bits per heavy atom. The number of amides is 1. The van der Waals surface area contributed by atoms with Crippen LogP contribution in [0.3, 0.4) is 0 Å². The number of carbonyl (C=O) groups excluding carboxylic acids is 1. The molecular weight excluding hydrogens is 374 g/mol. The Morgan fingerprint density at radius 3 is 2.53 bits per heavy atom. The summed E-state index contributed by atoms with van der Waals surface area (Å²) in [6, 6.07) is 10.3. The minimum Gasteiger partial charge on any atom is -0.508 e. The fourth-order valence-corrected chi connectivity index (χ4v) is 2.68. The predicted molar refractivity (Wildman–Crippen MR) is 82.6 cm³/mol. The van der Waals surface area contributed by atoms with Gasteiger partial charge in [0, 0.05) is 14.5 Å². The molecule has 2 aromatic carbocycles. The van der Waals surface area contributed by atoms with Crippen molar-refractivity contribution in [1.29, 1.82) is 0 Å². The summed E-state index contributed by atoms with van der Waals surface area (Å²) >= 11 is 6.73. The Labute approximate surface area is 127 Å². The Hall–Kier alpha value is -1.33. The highest BCUT2D eigenvalue weighted by Crippen LogP contribution is 2.27. The maximum absolute atomic E-state index is 12.1. The lowest BCUT2D eigenvalue weighted by Gasteiger charge is -2.08. The van der Waals surface area contributed by atoms with Crippen LogP contribution in [0.2, 0.25) is 0 Å². The number of nitrogens with one attached hydrogen (secondary N) is 1. The summed E-state index contributed by atoms with van der Waals surface area (Å²) in [6.45, 7) is 1.78. The van der Waals surface area contributed by atoms with Gasteiger partial charge in [0.1, 0.15) is 5.75 Å². The zero-order valence-electron chi connectivity index (χ0n) is 10.1. The SMILES string of the molecule is Cc1ccc(C(=O)Nc2ccc(Br)cc2Br)cc1O. The third-order valence-corrected chi connectivity index (χ3v) is 3.80. The van der Waals surface area contributed by atoms with Crippen LogP contribution in [0.5, 0.6) is 5.75 Å². The van der Waals surface area contributed by atoms with Crippen LogP contribution in [0.25, 0.3) is 0 Å². The van der Waals surface area contributed by atoms with Crippen LogP contribution in [0.4, 0.5) is 5.69 Å². The Balaban J connectivity index is 2.23. The number of phenols is 1. The van der Waals surface area contributed by atoms with E-state index in [4.69, 9.17) is 0 Å². The first-order valence-corrected chi connectivity index (χ1v) is 7.12. The molecule has 0 spiro atoms. The molecule has 19 heavy (non-hydrogen) atoms. The second-order valence-corrected chi connectivity index (χ2v) is 5.85. The van der Waals surface area contributed by atoms with E-state index >= 15 is 0 Å². The summed E-state index contributed by atoms with van der Waals surface area (Å²) in [7, 11) is 0. The highest BCUT2D eigenvalue weighted by molar-refractivity contribution is 9.11. The van der Waals surface area contributed by atoms with E-state index in [0.29, 0.717) is 11.3 Å². The van der Waals surface area contributed by atoms with Gasteiger partial charge in [-0.1, -0.05) is 22.0 Å². The molecule has 0 atom stereocenters. The third-order valence-electron chi connectivity index (χ3n) is 2.65. The maximum Gasteiger partial charge on any atom is 0.255 e. The number of benzene rings is 2. The quantitative estimate of drug-likeness (QED) is 0.801. The van der Waals surface area contributed by atoms with Crippen molar-refractivity contribution in [3.8, 4) is 5.75 Å². The first-order valence-electron chi connectivity index (χ1n) is 5.53.